The number of ether oxygens (including phenoxy) is 1. The minimum Gasteiger partial charge on any atom is -0.453 e. The number of amides is 1. The number of sulfone groups is 1. The van der Waals surface area contributed by atoms with Crippen molar-refractivity contribution in [2.75, 3.05) is 16.8 Å². The molecular weight excluding hydrogens is 363 g/mol. The first kappa shape index (κ1) is 19.2. The van der Waals surface area contributed by atoms with Crippen molar-refractivity contribution < 1.29 is 35.9 Å². The van der Waals surface area contributed by atoms with Gasteiger partial charge in [0.05, 0.1) is 17.2 Å². The van der Waals surface area contributed by atoms with Crippen LogP contribution in [0, 0.1) is 23.4 Å². The number of esters is 1. The molecule has 0 radical (unpaired) electrons. The number of halogens is 3. The monoisotopic (exact) mass is 379 g/mol. The Hall–Kier alpha value is -2.10. The first-order valence-corrected chi connectivity index (χ1v) is 9.25. The van der Waals surface area contributed by atoms with Crippen molar-refractivity contribution in [3.05, 3.63) is 29.6 Å². The molecule has 6 nitrogen and oxygen atoms in total. The summed E-state index contributed by atoms with van der Waals surface area (Å²) in [6.07, 6.45) is -1.13. The molecule has 0 saturated carbocycles. The molecule has 0 spiro atoms. The van der Waals surface area contributed by atoms with Gasteiger partial charge in [-0.2, -0.15) is 0 Å². The van der Waals surface area contributed by atoms with E-state index in [1.165, 1.54) is 6.92 Å². The Balaban J connectivity index is 1.90. The summed E-state index contributed by atoms with van der Waals surface area (Å²) >= 11 is 0. The molecule has 1 saturated heterocycles. The van der Waals surface area contributed by atoms with E-state index in [2.05, 4.69) is 0 Å². The van der Waals surface area contributed by atoms with Crippen LogP contribution in [0.5, 0.6) is 0 Å². The number of nitrogens with one attached hydrogen (secondary N) is 1. The van der Waals surface area contributed by atoms with Gasteiger partial charge in [-0.1, -0.05) is 0 Å². The molecule has 25 heavy (non-hydrogen) atoms. The highest BCUT2D eigenvalue weighted by Crippen LogP contribution is 2.23. The quantitative estimate of drug-likeness (QED) is 0.622. The van der Waals surface area contributed by atoms with E-state index in [1.54, 1.807) is 0 Å². The molecule has 2 rings (SSSR count). The van der Waals surface area contributed by atoms with E-state index in [0.717, 1.165) is 6.07 Å². The van der Waals surface area contributed by atoms with Crippen LogP contribution in [0.2, 0.25) is 0 Å². The molecule has 10 heteroatoms. The highest BCUT2D eigenvalue weighted by Gasteiger charge is 2.31. The van der Waals surface area contributed by atoms with Crippen LogP contribution in [0.3, 0.4) is 0 Å². The van der Waals surface area contributed by atoms with Crippen LogP contribution in [-0.4, -0.2) is 37.9 Å². The van der Waals surface area contributed by atoms with Crippen LogP contribution < -0.4 is 5.32 Å². The van der Waals surface area contributed by atoms with Crippen molar-refractivity contribution in [2.45, 2.75) is 25.9 Å². The smallest absolute Gasteiger partial charge is 0.306 e. The Morgan fingerprint density at radius 1 is 1.28 bits per heavy atom. The van der Waals surface area contributed by atoms with Crippen molar-refractivity contribution in [3.63, 3.8) is 0 Å². The van der Waals surface area contributed by atoms with Crippen LogP contribution in [0.25, 0.3) is 0 Å². The molecule has 0 bridgehead atoms. The highest BCUT2D eigenvalue weighted by molar-refractivity contribution is 7.91. The maximum absolute atomic E-state index is 13.5. The zero-order valence-electron chi connectivity index (χ0n) is 13.2. The summed E-state index contributed by atoms with van der Waals surface area (Å²) in [5.41, 5.74) is -0.589. The second-order valence-corrected chi connectivity index (χ2v) is 8.05. The molecule has 138 valence electrons. The number of rotatable bonds is 5. The molecule has 0 aromatic heterocycles. The Kier molecular flexibility index (Phi) is 5.71. The predicted octanol–water partition coefficient (Wildman–Crippen LogP) is 1.80. The number of hydrogen-bond donors (Lipinski definition) is 1. The molecule has 2 atom stereocenters. The van der Waals surface area contributed by atoms with Crippen molar-refractivity contribution >= 4 is 27.4 Å². The van der Waals surface area contributed by atoms with Crippen molar-refractivity contribution in [1.82, 2.24) is 0 Å². The lowest BCUT2D eigenvalue weighted by atomic mass is 10.1. The van der Waals surface area contributed by atoms with Crippen molar-refractivity contribution in [1.29, 1.82) is 0 Å². The van der Waals surface area contributed by atoms with Gasteiger partial charge in [0.15, 0.2) is 33.4 Å². The molecule has 0 aliphatic carbocycles. The zero-order chi connectivity index (χ0) is 18.8. The topological polar surface area (TPSA) is 89.5 Å². The van der Waals surface area contributed by atoms with E-state index in [1.807, 2.05) is 5.32 Å². The number of carbonyl (C=O) groups is 2. The lowest BCUT2D eigenvalue weighted by molar-refractivity contribution is -0.153. The van der Waals surface area contributed by atoms with E-state index in [0.29, 0.717) is 12.5 Å². The lowest BCUT2D eigenvalue weighted by Gasteiger charge is -2.15. The first-order valence-electron chi connectivity index (χ1n) is 7.43. The van der Waals surface area contributed by atoms with Crippen molar-refractivity contribution in [2.24, 2.45) is 5.92 Å². The number of anilines is 1. The maximum atomic E-state index is 13.5. The first-order chi connectivity index (χ1) is 11.6. The minimum absolute atomic E-state index is 0.0103. The van der Waals surface area contributed by atoms with Gasteiger partial charge in [0, 0.05) is 6.42 Å². The van der Waals surface area contributed by atoms with Crippen LogP contribution in [-0.2, 0) is 24.2 Å². The summed E-state index contributed by atoms with van der Waals surface area (Å²) in [6, 6.07) is 1.48. The number of carbonyl (C=O) groups excluding carboxylic acids is 2. The van der Waals surface area contributed by atoms with Gasteiger partial charge >= 0.3 is 5.97 Å². The van der Waals surface area contributed by atoms with Crippen LogP contribution in [0.15, 0.2) is 12.1 Å². The summed E-state index contributed by atoms with van der Waals surface area (Å²) in [6.45, 7) is 1.22. The number of hydrogen-bond acceptors (Lipinski definition) is 5. The molecule has 1 aromatic carbocycles. The van der Waals surface area contributed by atoms with Gasteiger partial charge in [0.1, 0.15) is 0 Å². The van der Waals surface area contributed by atoms with Gasteiger partial charge < -0.3 is 10.1 Å². The largest absolute Gasteiger partial charge is 0.453 e. The van der Waals surface area contributed by atoms with Gasteiger partial charge in [0.2, 0.25) is 0 Å². The normalized spacial score (nSPS) is 20.1. The molecule has 1 heterocycles. The minimum atomic E-state index is -3.13. The fraction of sp³-hybridized carbons (Fsp3) is 0.467. The van der Waals surface area contributed by atoms with E-state index in [9.17, 15) is 31.2 Å². The van der Waals surface area contributed by atoms with Gasteiger partial charge in [-0.3, -0.25) is 9.59 Å². The molecule has 1 aliphatic rings. The third kappa shape index (κ3) is 4.94. The Labute approximate surface area is 142 Å². The fourth-order valence-electron chi connectivity index (χ4n) is 2.42. The van der Waals surface area contributed by atoms with E-state index < -0.39 is 51.0 Å². The standard InChI is InChI=1S/C15H16F3NO5S/c1-8(24-12(20)6-9-4-5-25(22,23)7-9)15(21)19-11-3-2-10(16)13(17)14(11)18/h2-3,8-9H,4-7H2,1H3,(H,19,21)/t8-,9-/m1/s1. The summed E-state index contributed by atoms with van der Waals surface area (Å²) in [5.74, 6) is -6.86. The van der Waals surface area contributed by atoms with Gasteiger partial charge in [-0.25, -0.2) is 21.6 Å². The highest BCUT2D eigenvalue weighted by atomic mass is 32.2. The average molecular weight is 379 g/mol. The summed E-state index contributed by atoms with van der Waals surface area (Å²) < 4.78 is 67.0. The summed E-state index contributed by atoms with van der Waals surface area (Å²) in [7, 11) is -3.13. The van der Waals surface area contributed by atoms with Crippen LogP contribution in [0.4, 0.5) is 18.9 Å². The molecule has 0 unspecified atom stereocenters. The fourth-order valence-corrected chi connectivity index (χ4v) is 4.29. The number of benzene rings is 1. The van der Waals surface area contributed by atoms with Crippen LogP contribution >= 0.6 is 0 Å². The SMILES string of the molecule is C[C@@H](OC(=O)C[C@H]1CCS(=O)(=O)C1)C(=O)Nc1ccc(F)c(F)c1F. The molecule has 1 amide bonds. The van der Waals surface area contributed by atoms with E-state index in [4.69, 9.17) is 4.74 Å². The summed E-state index contributed by atoms with van der Waals surface area (Å²) in [4.78, 5) is 23.6. The Bertz CT molecular complexity index is 797. The third-order valence-corrected chi connectivity index (χ3v) is 5.59. The average Bonchev–Trinajstić information content (AvgIpc) is 2.86. The van der Waals surface area contributed by atoms with Crippen LogP contribution in [0.1, 0.15) is 19.8 Å². The van der Waals surface area contributed by atoms with Gasteiger partial charge in [-0.05, 0) is 31.4 Å². The Morgan fingerprint density at radius 3 is 2.56 bits per heavy atom. The Morgan fingerprint density at radius 2 is 1.96 bits per heavy atom. The second kappa shape index (κ2) is 7.42. The molecular formula is C15H16F3NO5S. The van der Waals surface area contributed by atoms with E-state index >= 15 is 0 Å². The van der Waals surface area contributed by atoms with Crippen molar-refractivity contribution in [3.8, 4) is 0 Å². The molecule has 1 aliphatic heterocycles. The van der Waals surface area contributed by atoms with Gasteiger partial charge in [-0.15, -0.1) is 0 Å². The lowest BCUT2D eigenvalue weighted by Crippen LogP contribution is -2.31. The zero-order valence-corrected chi connectivity index (χ0v) is 14.0. The second-order valence-electron chi connectivity index (χ2n) is 5.82. The molecule has 1 fully saturated rings. The third-order valence-electron chi connectivity index (χ3n) is 3.75. The molecule has 1 N–H and O–H groups in total. The summed E-state index contributed by atoms with van der Waals surface area (Å²) in [5, 5.41) is 2.00. The predicted molar refractivity (Wildman–Crippen MR) is 81.9 cm³/mol. The maximum Gasteiger partial charge on any atom is 0.306 e. The van der Waals surface area contributed by atoms with E-state index in [-0.39, 0.29) is 23.8 Å². The molecule has 1 aromatic rings. The van der Waals surface area contributed by atoms with Gasteiger partial charge in [0.25, 0.3) is 5.91 Å².